The molecule has 2 heterocycles. The first-order chi connectivity index (χ1) is 14.7. The Morgan fingerprint density at radius 2 is 1.87 bits per heavy atom. The van der Waals surface area contributed by atoms with Gasteiger partial charge in [0.1, 0.15) is 11.1 Å². The van der Waals surface area contributed by atoms with Crippen LogP contribution in [0.1, 0.15) is 45.6 Å². The highest BCUT2D eigenvalue weighted by atomic mass is 16.3. The van der Waals surface area contributed by atoms with Crippen LogP contribution in [-0.4, -0.2) is 63.5 Å². The van der Waals surface area contributed by atoms with Crippen LogP contribution in [0.25, 0.3) is 0 Å². The Bertz CT molecular complexity index is 889. The Labute approximate surface area is 183 Å². The molecule has 2 aliphatic heterocycles. The Kier molecular flexibility index (Phi) is 6.71. The number of aliphatic hydroxyl groups is 1. The van der Waals surface area contributed by atoms with Gasteiger partial charge in [0, 0.05) is 13.1 Å². The molecular weight excluding hydrogens is 394 g/mol. The highest BCUT2D eigenvalue weighted by Crippen LogP contribution is 2.37. The maximum Gasteiger partial charge on any atom is 0.325 e. The molecule has 2 N–H and O–H groups in total. The molecule has 0 saturated carbocycles. The van der Waals surface area contributed by atoms with Gasteiger partial charge in [-0.25, -0.2) is 4.79 Å². The van der Waals surface area contributed by atoms with Gasteiger partial charge in [-0.05, 0) is 57.9 Å². The van der Waals surface area contributed by atoms with E-state index < -0.39 is 17.2 Å². The molecule has 0 aliphatic carbocycles. The number of benzene rings is 1. The molecule has 1 aromatic rings. The lowest BCUT2D eigenvalue weighted by Crippen LogP contribution is -2.58. The maximum atomic E-state index is 13.5. The predicted molar refractivity (Wildman–Crippen MR) is 117 cm³/mol. The van der Waals surface area contributed by atoms with Crippen molar-refractivity contribution in [2.24, 2.45) is 5.92 Å². The van der Waals surface area contributed by atoms with Crippen molar-refractivity contribution >= 4 is 17.8 Å². The van der Waals surface area contributed by atoms with Crippen LogP contribution in [-0.2, 0) is 16.0 Å². The normalized spacial score (nSPS) is 22.2. The van der Waals surface area contributed by atoms with Crippen molar-refractivity contribution in [2.45, 2.75) is 57.6 Å². The number of nitrogens with zero attached hydrogens (tertiary/aromatic N) is 2. The second kappa shape index (κ2) is 9.11. The minimum absolute atomic E-state index is 0.0737. The van der Waals surface area contributed by atoms with Crippen LogP contribution in [0.4, 0.5) is 4.79 Å². The molecule has 2 saturated heterocycles. The van der Waals surface area contributed by atoms with E-state index in [1.54, 1.807) is 11.8 Å². The quantitative estimate of drug-likeness (QED) is 0.538. The van der Waals surface area contributed by atoms with Crippen LogP contribution < -0.4 is 5.32 Å². The second-order valence-electron chi connectivity index (χ2n) is 8.83. The van der Waals surface area contributed by atoms with Gasteiger partial charge in [0.25, 0.3) is 11.8 Å². The van der Waals surface area contributed by atoms with Crippen molar-refractivity contribution in [3.8, 4) is 11.8 Å². The summed E-state index contributed by atoms with van der Waals surface area (Å²) in [6.45, 7) is 5.60. The van der Waals surface area contributed by atoms with Crippen LogP contribution in [0.5, 0.6) is 0 Å². The summed E-state index contributed by atoms with van der Waals surface area (Å²) in [5.74, 6) is 4.91. The van der Waals surface area contributed by atoms with Crippen LogP contribution in [0.15, 0.2) is 30.3 Å². The third-order valence-electron chi connectivity index (χ3n) is 6.27. The minimum atomic E-state index is -1.43. The molecule has 0 spiro atoms. The van der Waals surface area contributed by atoms with E-state index in [0.717, 1.165) is 5.56 Å². The fourth-order valence-corrected chi connectivity index (χ4v) is 4.55. The van der Waals surface area contributed by atoms with Crippen molar-refractivity contribution < 1.29 is 19.5 Å². The van der Waals surface area contributed by atoms with Crippen molar-refractivity contribution in [1.82, 2.24) is 15.1 Å². The predicted octanol–water partition coefficient (Wildman–Crippen LogP) is 1.94. The number of likely N-dealkylation sites (tertiary alicyclic amines) is 1. The Morgan fingerprint density at radius 1 is 1.23 bits per heavy atom. The molecule has 7 nitrogen and oxygen atoms in total. The molecule has 1 atom stereocenters. The standard InChI is InChI=1S/C24H31N3O4/c1-4-5-15-27-21(29)24(25-22(27)30,14-11-18-9-7-6-8-10-18)19-12-16-26(17-13-19)20(28)23(2,3)31/h6-10,19,31H,11-17H2,1-3H3,(H,25,30). The number of urea groups is 1. The van der Waals surface area contributed by atoms with E-state index in [-0.39, 0.29) is 24.3 Å². The number of amides is 4. The number of rotatable bonds is 6. The van der Waals surface area contributed by atoms with E-state index in [9.17, 15) is 19.5 Å². The lowest BCUT2D eigenvalue weighted by molar-refractivity contribution is -0.150. The zero-order valence-corrected chi connectivity index (χ0v) is 18.5. The summed E-state index contributed by atoms with van der Waals surface area (Å²) in [5, 5.41) is 13.1. The molecule has 4 amide bonds. The second-order valence-corrected chi connectivity index (χ2v) is 8.83. The van der Waals surface area contributed by atoms with Crippen LogP contribution >= 0.6 is 0 Å². The SMILES string of the molecule is CC#CCN1C(=O)NC(CCc2ccccc2)(C2CCN(C(=O)C(C)(C)O)CC2)C1=O. The number of imide groups is 1. The fraction of sp³-hybridized carbons (Fsp3) is 0.542. The molecule has 0 aromatic heterocycles. The Hall–Kier alpha value is -2.85. The first-order valence-corrected chi connectivity index (χ1v) is 10.8. The monoisotopic (exact) mass is 425 g/mol. The summed E-state index contributed by atoms with van der Waals surface area (Å²) < 4.78 is 0. The van der Waals surface area contributed by atoms with E-state index in [4.69, 9.17) is 0 Å². The lowest BCUT2D eigenvalue weighted by Gasteiger charge is -2.42. The van der Waals surface area contributed by atoms with E-state index in [1.807, 2.05) is 30.3 Å². The lowest BCUT2D eigenvalue weighted by atomic mass is 9.74. The largest absolute Gasteiger partial charge is 0.381 e. The van der Waals surface area contributed by atoms with Gasteiger partial charge in [0.15, 0.2) is 0 Å². The molecule has 2 aliphatic rings. The first kappa shape index (κ1) is 22.8. The van der Waals surface area contributed by atoms with E-state index in [0.29, 0.717) is 38.8 Å². The molecule has 166 valence electrons. The van der Waals surface area contributed by atoms with Gasteiger partial charge in [0.05, 0.1) is 6.54 Å². The minimum Gasteiger partial charge on any atom is -0.381 e. The first-order valence-electron chi connectivity index (χ1n) is 10.8. The topological polar surface area (TPSA) is 90.0 Å². The number of nitrogens with one attached hydrogen (secondary N) is 1. The third-order valence-corrected chi connectivity index (χ3v) is 6.27. The van der Waals surface area contributed by atoms with Gasteiger partial charge in [0.2, 0.25) is 0 Å². The smallest absolute Gasteiger partial charge is 0.325 e. The molecule has 3 rings (SSSR count). The van der Waals surface area contributed by atoms with Crippen LogP contribution in [0.2, 0.25) is 0 Å². The van der Waals surface area contributed by atoms with Crippen LogP contribution in [0, 0.1) is 17.8 Å². The summed E-state index contributed by atoms with van der Waals surface area (Å²) in [6, 6.07) is 9.49. The van der Waals surface area contributed by atoms with E-state index in [2.05, 4.69) is 17.2 Å². The third kappa shape index (κ3) is 4.75. The van der Waals surface area contributed by atoms with Gasteiger partial charge in [-0.2, -0.15) is 0 Å². The molecule has 2 fully saturated rings. The number of carbonyl (C=O) groups is 3. The van der Waals surface area contributed by atoms with Gasteiger partial charge < -0.3 is 15.3 Å². The molecule has 1 aromatic carbocycles. The molecule has 7 heteroatoms. The average molecular weight is 426 g/mol. The number of hydrogen-bond donors (Lipinski definition) is 2. The number of hydrogen-bond acceptors (Lipinski definition) is 4. The van der Waals surface area contributed by atoms with Crippen molar-refractivity contribution in [1.29, 1.82) is 0 Å². The summed E-state index contributed by atoms with van der Waals surface area (Å²) in [5.41, 5.74) is -1.33. The summed E-state index contributed by atoms with van der Waals surface area (Å²) in [4.78, 5) is 41.5. The Balaban J connectivity index is 1.81. The molecule has 0 bridgehead atoms. The van der Waals surface area contributed by atoms with E-state index in [1.165, 1.54) is 18.7 Å². The number of piperidine rings is 1. The Morgan fingerprint density at radius 3 is 2.45 bits per heavy atom. The highest BCUT2D eigenvalue weighted by Gasteiger charge is 2.55. The molecule has 0 radical (unpaired) electrons. The summed E-state index contributed by atoms with van der Waals surface area (Å²) in [7, 11) is 0. The molecular formula is C24H31N3O4. The number of carbonyl (C=O) groups excluding carboxylic acids is 3. The summed E-state index contributed by atoms with van der Waals surface area (Å²) >= 11 is 0. The zero-order chi connectivity index (χ0) is 22.6. The van der Waals surface area contributed by atoms with Crippen molar-refractivity contribution in [2.75, 3.05) is 19.6 Å². The number of aryl methyl sites for hydroxylation is 1. The highest BCUT2D eigenvalue weighted by molar-refractivity contribution is 6.07. The maximum absolute atomic E-state index is 13.5. The van der Waals surface area contributed by atoms with Gasteiger partial charge in [-0.1, -0.05) is 36.3 Å². The van der Waals surface area contributed by atoms with Crippen LogP contribution in [0.3, 0.4) is 0 Å². The zero-order valence-electron chi connectivity index (χ0n) is 18.5. The molecule has 1 unspecified atom stereocenters. The van der Waals surface area contributed by atoms with Gasteiger partial charge in [-0.3, -0.25) is 14.5 Å². The summed E-state index contributed by atoms with van der Waals surface area (Å²) in [6.07, 6.45) is 2.30. The fourth-order valence-electron chi connectivity index (χ4n) is 4.55. The van der Waals surface area contributed by atoms with Gasteiger partial charge >= 0.3 is 6.03 Å². The van der Waals surface area contributed by atoms with Gasteiger partial charge in [-0.15, -0.1) is 5.92 Å². The van der Waals surface area contributed by atoms with Crippen molar-refractivity contribution in [3.05, 3.63) is 35.9 Å². The van der Waals surface area contributed by atoms with Crippen molar-refractivity contribution in [3.63, 3.8) is 0 Å². The molecule has 31 heavy (non-hydrogen) atoms. The average Bonchev–Trinajstić information content (AvgIpc) is 3.00. The van der Waals surface area contributed by atoms with E-state index >= 15 is 0 Å².